The highest BCUT2D eigenvalue weighted by molar-refractivity contribution is 5.74. The van der Waals surface area contributed by atoms with Gasteiger partial charge in [0.1, 0.15) is 6.61 Å². The number of carbonyl (C=O) groups excluding carboxylic acids is 1. The van der Waals surface area contributed by atoms with Gasteiger partial charge in [0.15, 0.2) is 17.6 Å². The summed E-state index contributed by atoms with van der Waals surface area (Å²) in [6, 6.07) is 15.3. The number of hydrogen-bond acceptors (Lipinski definition) is 4. The van der Waals surface area contributed by atoms with Gasteiger partial charge in [-0.1, -0.05) is 29.8 Å². The lowest BCUT2D eigenvalue weighted by atomic mass is 10.1. The maximum absolute atomic E-state index is 12.4. The molecule has 1 aromatic heterocycles. The van der Waals surface area contributed by atoms with Crippen molar-refractivity contribution in [2.75, 3.05) is 13.2 Å². The van der Waals surface area contributed by atoms with E-state index in [9.17, 15) is 4.79 Å². The second-order valence-electron chi connectivity index (χ2n) is 7.51. The Kier molecular flexibility index (Phi) is 5.61. The average Bonchev–Trinajstić information content (AvgIpc) is 3.14. The molecular formula is C23H26N4O3. The van der Waals surface area contributed by atoms with Gasteiger partial charge in [-0.2, -0.15) is 5.10 Å². The lowest BCUT2D eigenvalue weighted by Gasteiger charge is -2.26. The zero-order valence-electron chi connectivity index (χ0n) is 17.4. The first kappa shape index (κ1) is 19.8. The summed E-state index contributed by atoms with van der Waals surface area (Å²) in [6.45, 7) is 6.76. The van der Waals surface area contributed by atoms with Crippen molar-refractivity contribution in [1.29, 1.82) is 0 Å². The van der Waals surface area contributed by atoms with E-state index in [0.29, 0.717) is 18.9 Å². The zero-order valence-corrected chi connectivity index (χ0v) is 17.4. The minimum Gasteiger partial charge on any atom is -0.486 e. The number of para-hydroxylation sites is 2. The van der Waals surface area contributed by atoms with E-state index >= 15 is 0 Å². The van der Waals surface area contributed by atoms with Crippen LogP contribution in [0, 0.1) is 13.8 Å². The molecule has 2 amide bonds. The number of aryl methyl sites for hydroxylation is 1. The number of hydrogen-bond donors (Lipinski definition) is 2. The van der Waals surface area contributed by atoms with E-state index in [4.69, 9.17) is 9.47 Å². The fourth-order valence-electron chi connectivity index (χ4n) is 3.49. The third-order valence-corrected chi connectivity index (χ3v) is 5.20. The van der Waals surface area contributed by atoms with Crippen LogP contribution in [0.5, 0.6) is 11.5 Å². The Morgan fingerprint density at radius 1 is 1.17 bits per heavy atom. The standard InChI is InChI=1S/C23H26N4O3/c1-15-8-10-18(11-9-15)27-17(3)20(13-25-27)16(2)26-23(28)24-12-19-14-29-21-6-4-5-7-22(21)30-19/h4-11,13,16,19H,12,14H2,1-3H3,(H2,24,26,28)/t16-,19-/m1/s1. The molecule has 0 saturated heterocycles. The number of carbonyl (C=O) groups is 1. The van der Waals surface area contributed by atoms with Crippen LogP contribution < -0.4 is 20.1 Å². The summed E-state index contributed by atoms with van der Waals surface area (Å²) in [7, 11) is 0. The smallest absolute Gasteiger partial charge is 0.315 e. The fraction of sp³-hybridized carbons (Fsp3) is 0.304. The van der Waals surface area contributed by atoms with Crippen LogP contribution in [0.25, 0.3) is 5.69 Å². The van der Waals surface area contributed by atoms with Gasteiger partial charge in [-0.3, -0.25) is 0 Å². The van der Waals surface area contributed by atoms with Gasteiger partial charge in [-0.15, -0.1) is 0 Å². The molecule has 0 aliphatic carbocycles. The van der Waals surface area contributed by atoms with Crippen molar-refractivity contribution in [3.63, 3.8) is 0 Å². The van der Waals surface area contributed by atoms with Crippen LogP contribution in [0.2, 0.25) is 0 Å². The molecular weight excluding hydrogens is 380 g/mol. The molecule has 7 nitrogen and oxygen atoms in total. The molecule has 1 aliphatic rings. The quantitative estimate of drug-likeness (QED) is 0.678. The summed E-state index contributed by atoms with van der Waals surface area (Å²) in [5.74, 6) is 1.43. The molecule has 4 rings (SSSR count). The number of aromatic nitrogens is 2. The molecule has 1 aliphatic heterocycles. The Morgan fingerprint density at radius 3 is 2.67 bits per heavy atom. The molecule has 0 radical (unpaired) electrons. The molecule has 2 heterocycles. The van der Waals surface area contributed by atoms with E-state index in [1.807, 2.05) is 54.9 Å². The van der Waals surface area contributed by atoms with E-state index in [1.54, 1.807) is 6.20 Å². The van der Waals surface area contributed by atoms with E-state index in [-0.39, 0.29) is 18.2 Å². The lowest BCUT2D eigenvalue weighted by Crippen LogP contribution is -2.45. The van der Waals surface area contributed by atoms with Gasteiger partial charge in [0.2, 0.25) is 0 Å². The predicted molar refractivity (Wildman–Crippen MR) is 114 cm³/mol. The molecule has 2 aromatic carbocycles. The Bertz CT molecular complexity index is 1030. The topological polar surface area (TPSA) is 77.4 Å². The average molecular weight is 406 g/mol. The minimum absolute atomic E-state index is 0.187. The van der Waals surface area contributed by atoms with Crippen LogP contribution in [0.3, 0.4) is 0 Å². The number of amides is 2. The first-order chi connectivity index (χ1) is 14.5. The summed E-state index contributed by atoms with van der Waals surface area (Å²) in [5, 5.41) is 10.3. The van der Waals surface area contributed by atoms with Crippen molar-refractivity contribution < 1.29 is 14.3 Å². The van der Waals surface area contributed by atoms with Gasteiger partial charge >= 0.3 is 6.03 Å². The Morgan fingerprint density at radius 2 is 1.90 bits per heavy atom. The van der Waals surface area contributed by atoms with Crippen LogP contribution in [0.15, 0.2) is 54.7 Å². The highest BCUT2D eigenvalue weighted by atomic mass is 16.6. The maximum Gasteiger partial charge on any atom is 0.315 e. The van der Waals surface area contributed by atoms with Crippen LogP contribution in [0.1, 0.15) is 29.8 Å². The molecule has 3 aromatic rings. The second-order valence-corrected chi connectivity index (χ2v) is 7.51. The number of urea groups is 1. The van der Waals surface area contributed by atoms with Gasteiger partial charge in [0.05, 0.1) is 24.5 Å². The molecule has 0 spiro atoms. The molecule has 156 valence electrons. The van der Waals surface area contributed by atoms with Gasteiger partial charge in [0, 0.05) is 11.3 Å². The zero-order chi connectivity index (χ0) is 21.1. The van der Waals surface area contributed by atoms with Crippen molar-refractivity contribution in [3.8, 4) is 17.2 Å². The van der Waals surface area contributed by atoms with E-state index in [1.165, 1.54) is 5.56 Å². The number of fused-ring (bicyclic) bond motifs is 1. The molecule has 0 bridgehead atoms. The van der Waals surface area contributed by atoms with Gasteiger partial charge in [-0.25, -0.2) is 9.48 Å². The summed E-state index contributed by atoms with van der Waals surface area (Å²) >= 11 is 0. The van der Waals surface area contributed by atoms with Crippen molar-refractivity contribution in [2.24, 2.45) is 0 Å². The van der Waals surface area contributed by atoms with Gasteiger partial charge in [0.25, 0.3) is 0 Å². The van der Waals surface area contributed by atoms with Gasteiger partial charge in [-0.05, 0) is 45.0 Å². The SMILES string of the molecule is Cc1ccc(-n2ncc([C@@H](C)NC(=O)NC[C@@H]3COc4ccccc4O3)c2C)cc1. The largest absolute Gasteiger partial charge is 0.486 e. The summed E-state index contributed by atoms with van der Waals surface area (Å²) < 4.78 is 13.4. The van der Waals surface area contributed by atoms with Crippen LogP contribution in [0.4, 0.5) is 4.79 Å². The van der Waals surface area contributed by atoms with Crippen LogP contribution in [-0.4, -0.2) is 35.1 Å². The van der Waals surface area contributed by atoms with Crippen molar-refractivity contribution in [3.05, 3.63) is 71.5 Å². The fourth-order valence-corrected chi connectivity index (χ4v) is 3.49. The molecule has 0 unspecified atom stereocenters. The third-order valence-electron chi connectivity index (χ3n) is 5.20. The Hall–Kier alpha value is -3.48. The molecule has 7 heteroatoms. The Balaban J connectivity index is 1.32. The molecule has 0 saturated carbocycles. The van der Waals surface area contributed by atoms with E-state index in [0.717, 1.165) is 22.7 Å². The number of rotatable bonds is 5. The molecule has 0 fully saturated rings. The highest BCUT2D eigenvalue weighted by Gasteiger charge is 2.22. The number of nitrogens with one attached hydrogen (secondary N) is 2. The van der Waals surface area contributed by atoms with Crippen molar-refractivity contribution >= 4 is 6.03 Å². The second kappa shape index (κ2) is 8.49. The summed E-state index contributed by atoms with van der Waals surface area (Å²) in [6.07, 6.45) is 1.57. The normalized spacial score (nSPS) is 16.0. The summed E-state index contributed by atoms with van der Waals surface area (Å²) in [5.41, 5.74) is 4.16. The first-order valence-corrected chi connectivity index (χ1v) is 10.1. The Labute approximate surface area is 176 Å². The first-order valence-electron chi connectivity index (χ1n) is 10.1. The number of nitrogens with zero attached hydrogens (tertiary/aromatic N) is 2. The molecule has 2 N–H and O–H groups in total. The van der Waals surface area contributed by atoms with Crippen molar-refractivity contribution in [1.82, 2.24) is 20.4 Å². The third kappa shape index (κ3) is 4.25. The van der Waals surface area contributed by atoms with Gasteiger partial charge < -0.3 is 20.1 Å². The van der Waals surface area contributed by atoms with Crippen molar-refractivity contribution in [2.45, 2.75) is 32.9 Å². The van der Waals surface area contributed by atoms with Crippen LogP contribution >= 0.6 is 0 Å². The summed E-state index contributed by atoms with van der Waals surface area (Å²) in [4.78, 5) is 12.4. The van der Waals surface area contributed by atoms with E-state index in [2.05, 4.69) is 34.8 Å². The minimum atomic E-state index is -0.257. The lowest BCUT2D eigenvalue weighted by molar-refractivity contribution is 0.0917. The molecule has 2 atom stereocenters. The van der Waals surface area contributed by atoms with E-state index < -0.39 is 0 Å². The molecule has 30 heavy (non-hydrogen) atoms. The monoisotopic (exact) mass is 406 g/mol. The number of benzene rings is 2. The maximum atomic E-state index is 12.4. The van der Waals surface area contributed by atoms with Crippen LogP contribution in [-0.2, 0) is 0 Å². The number of ether oxygens (including phenoxy) is 2. The highest BCUT2D eigenvalue weighted by Crippen LogP contribution is 2.30. The predicted octanol–water partition coefficient (Wildman–Crippen LogP) is 3.69.